The summed E-state index contributed by atoms with van der Waals surface area (Å²) >= 11 is 0. The molecular formula is C17H27N3O4. The zero-order chi connectivity index (χ0) is 18.5. The lowest BCUT2D eigenvalue weighted by molar-refractivity contribution is -0.114. The normalized spacial score (nSPS) is 11.0. The number of carbonyl (C=O) groups excluding carboxylic acids is 2. The molecule has 134 valence electrons. The van der Waals surface area contributed by atoms with Gasteiger partial charge in [0.15, 0.2) is 11.5 Å². The molecule has 0 aliphatic heterocycles. The smallest absolute Gasteiger partial charge is 0.253 e. The van der Waals surface area contributed by atoms with Crippen LogP contribution in [0.15, 0.2) is 12.1 Å². The second-order valence-electron chi connectivity index (χ2n) is 6.47. The van der Waals surface area contributed by atoms with E-state index in [-0.39, 0.29) is 17.2 Å². The van der Waals surface area contributed by atoms with Crippen LogP contribution in [-0.4, -0.2) is 51.1 Å². The Morgan fingerprint density at radius 3 is 2.33 bits per heavy atom. The number of nitrogens with two attached hydrogens (primary N) is 1. The highest BCUT2D eigenvalue weighted by Crippen LogP contribution is 2.37. The van der Waals surface area contributed by atoms with Gasteiger partial charge >= 0.3 is 0 Å². The topological polar surface area (TPSA) is 93.9 Å². The molecule has 0 spiro atoms. The van der Waals surface area contributed by atoms with Gasteiger partial charge in [-0.3, -0.25) is 9.59 Å². The minimum atomic E-state index is -0.266. The Bertz CT molecular complexity index is 614. The molecule has 0 aliphatic carbocycles. The molecule has 0 radical (unpaired) electrons. The summed E-state index contributed by atoms with van der Waals surface area (Å²) < 4.78 is 10.6. The standard InChI is InChI=1S/C17H27N3O4/c1-11(21)19-13-7-12(8-14(23-5)15(13)24-6)16(22)20(4)10-17(2,3)9-18/h7-8H,9-10,18H2,1-6H3,(H,19,21). The molecule has 1 aromatic carbocycles. The minimum absolute atomic E-state index is 0.191. The lowest BCUT2D eigenvalue weighted by Crippen LogP contribution is -2.39. The van der Waals surface area contributed by atoms with E-state index in [1.54, 1.807) is 24.1 Å². The minimum Gasteiger partial charge on any atom is -0.493 e. The van der Waals surface area contributed by atoms with E-state index in [1.807, 2.05) is 13.8 Å². The number of carbonyl (C=O) groups is 2. The molecule has 0 fully saturated rings. The molecule has 0 bridgehead atoms. The highest BCUT2D eigenvalue weighted by Gasteiger charge is 2.24. The van der Waals surface area contributed by atoms with Crippen molar-refractivity contribution in [3.05, 3.63) is 17.7 Å². The average molecular weight is 337 g/mol. The van der Waals surface area contributed by atoms with Gasteiger partial charge in [0.2, 0.25) is 5.91 Å². The summed E-state index contributed by atoms with van der Waals surface area (Å²) in [6.45, 7) is 6.35. The monoisotopic (exact) mass is 337 g/mol. The zero-order valence-electron chi connectivity index (χ0n) is 15.2. The van der Waals surface area contributed by atoms with Gasteiger partial charge in [0.05, 0.1) is 19.9 Å². The quantitative estimate of drug-likeness (QED) is 0.790. The molecule has 7 nitrogen and oxygen atoms in total. The van der Waals surface area contributed by atoms with Crippen LogP contribution in [0.1, 0.15) is 31.1 Å². The summed E-state index contributed by atoms with van der Waals surface area (Å²) in [5.74, 6) is 0.287. The van der Waals surface area contributed by atoms with Crippen molar-refractivity contribution in [3.8, 4) is 11.5 Å². The highest BCUT2D eigenvalue weighted by molar-refractivity contribution is 5.99. The maximum Gasteiger partial charge on any atom is 0.253 e. The molecule has 0 saturated heterocycles. The molecule has 0 unspecified atom stereocenters. The second-order valence-corrected chi connectivity index (χ2v) is 6.47. The number of hydrogen-bond donors (Lipinski definition) is 2. The Labute approximate surface area is 143 Å². The van der Waals surface area contributed by atoms with Crippen molar-refractivity contribution in [2.45, 2.75) is 20.8 Å². The van der Waals surface area contributed by atoms with Crippen LogP contribution in [0.3, 0.4) is 0 Å². The molecule has 0 aliphatic rings. The van der Waals surface area contributed by atoms with E-state index >= 15 is 0 Å². The summed E-state index contributed by atoms with van der Waals surface area (Å²) in [5, 5.41) is 2.66. The van der Waals surface area contributed by atoms with E-state index in [4.69, 9.17) is 15.2 Å². The Balaban J connectivity index is 3.23. The van der Waals surface area contributed by atoms with Gasteiger partial charge in [0, 0.05) is 26.1 Å². The van der Waals surface area contributed by atoms with Crippen LogP contribution >= 0.6 is 0 Å². The lowest BCUT2D eigenvalue weighted by Gasteiger charge is -2.29. The first-order valence-corrected chi connectivity index (χ1v) is 7.64. The SMILES string of the molecule is COc1cc(C(=O)N(C)CC(C)(C)CN)cc(NC(C)=O)c1OC. The van der Waals surface area contributed by atoms with E-state index in [1.165, 1.54) is 21.1 Å². The van der Waals surface area contributed by atoms with Crippen molar-refractivity contribution >= 4 is 17.5 Å². The number of hydrogen-bond acceptors (Lipinski definition) is 5. The molecule has 7 heteroatoms. The predicted molar refractivity (Wildman–Crippen MR) is 93.6 cm³/mol. The van der Waals surface area contributed by atoms with Gasteiger partial charge in [0.1, 0.15) is 0 Å². The fraction of sp³-hybridized carbons (Fsp3) is 0.529. The van der Waals surface area contributed by atoms with E-state index in [2.05, 4.69) is 5.32 Å². The number of nitrogens with zero attached hydrogens (tertiary/aromatic N) is 1. The largest absolute Gasteiger partial charge is 0.493 e. The summed E-state index contributed by atoms with van der Waals surface area (Å²) in [6, 6.07) is 3.18. The van der Waals surface area contributed by atoms with Crippen LogP contribution < -0.4 is 20.5 Å². The second kappa shape index (κ2) is 8.01. The third-order valence-corrected chi connectivity index (χ3v) is 3.60. The first-order valence-electron chi connectivity index (χ1n) is 7.64. The van der Waals surface area contributed by atoms with Gasteiger partial charge in [-0.1, -0.05) is 13.8 Å². The Morgan fingerprint density at radius 1 is 1.25 bits per heavy atom. The molecule has 24 heavy (non-hydrogen) atoms. The van der Waals surface area contributed by atoms with Crippen LogP contribution in [0.5, 0.6) is 11.5 Å². The number of rotatable bonds is 7. The van der Waals surface area contributed by atoms with Crippen LogP contribution in [-0.2, 0) is 4.79 Å². The summed E-state index contributed by atoms with van der Waals surface area (Å²) in [7, 11) is 4.67. The number of benzene rings is 1. The van der Waals surface area contributed by atoms with Gasteiger partial charge in [-0.2, -0.15) is 0 Å². The fourth-order valence-corrected chi connectivity index (χ4v) is 2.37. The Morgan fingerprint density at radius 2 is 1.88 bits per heavy atom. The van der Waals surface area contributed by atoms with Crippen LogP contribution in [0.4, 0.5) is 5.69 Å². The average Bonchev–Trinajstić information content (AvgIpc) is 2.52. The van der Waals surface area contributed by atoms with Crippen LogP contribution in [0, 0.1) is 5.41 Å². The first-order chi connectivity index (χ1) is 11.1. The molecule has 0 saturated carbocycles. The van der Waals surface area contributed by atoms with Crippen molar-refractivity contribution in [2.24, 2.45) is 11.1 Å². The van der Waals surface area contributed by atoms with Gasteiger partial charge in [-0.25, -0.2) is 0 Å². The first kappa shape index (κ1) is 19.8. The fourth-order valence-electron chi connectivity index (χ4n) is 2.37. The summed E-state index contributed by atoms with van der Waals surface area (Å²) in [6.07, 6.45) is 0. The summed E-state index contributed by atoms with van der Waals surface area (Å²) in [4.78, 5) is 25.7. The molecule has 2 amide bonds. The van der Waals surface area contributed by atoms with Gasteiger partial charge in [0.25, 0.3) is 5.91 Å². The number of ether oxygens (including phenoxy) is 2. The molecule has 3 N–H and O–H groups in total. The molecule has 0 atom stereocenters. The Kier molecular flexibility index (Phi) is 6.60. The molecule has 1 rings (SSSR count). The predicted octanol–water partition coefficient (Wildman–Crippen LogP) is 1.72. The van der Waals surface area contributed by atoms with E-state index in [0.29, 0.717) is 35.8 Å². The summed E-state index contributed by atoms with van der Waals surface area (Å²) in [5.41, 5.74) is 6.32. The van der Waals surface area contributed by atoms with E-state index in [0.717, 1.165) is 0 Å². The molecule has 0 heterocycles. The lowest BCUT2D eigenvalue weighted by atomic mass is 9.93. The van der Waals surface area contributed by atoms with Crippen molar-refractivity contribution < 1.29 is 19.1 Å². The van der Waals surface area contributed by atoms with Crippen molar-refractivity contribution in [2.75, 3.05) is 39.7 Å². The third kappa shape index (κ3) is 4.86. The molecular weight excluding hydrogens is 310 g/mol. The highest BCUT2D eigenvalue weighted by atomic mass is 16.5. The number of amides is 2. The van der Waals surface area contributed by atoms with Gasteiger partial charge in [-0.05, 0) is 24.1 Å². The number of methoxy groups -OCH3 is 2. The molecule has 1 aromatic rings. The van der Waals surface area contributed by atoms with E-state index in [9.17, 15) is 9.59 Å². The maximum atomic E-state index is 12.7. The third-order valence-electron chi connectivity index (χ3n) is 3.60. The molecule has 0 aromatic heterocycles. The van der Waals surface area contributed by atoms with Gasteiger partial charge in [-0.15, -0.1) is 0 Å². The van der Waals surface area contributed by atoms with Gasteiger partial charge < -0.3 is 25.4 Å². The van der Waals surface area contributed by atoms with Crippen LogP contribution in [0.2, 0.25) is 0 Å². The zero-order valence-corrected chi connectivity index (χ0v) is 15.2. The number of nitrogens with one attached hydrogen (secondary N) is 1. The van der Waals surface area contributed by atoms with E-state index < -0.39 is 0 Å². The van der Waals surface area contributed by atoms with Crippen molar-refractivity contribution in [3.63, 3.8) is 0 Å². The number of anilines is 1. The Hall–Kier alpha value is -2.28. The van der Waals surface area contributed by atoms with Crippen molar-refractivity contribution in [1.82, 2.24) is 4.90 Å². The van der Waals surface area contributed by atoms with Crippen molar-refractivity contribution in [1.29, 1.82) is 0 Å². The maximum absolute atomic E-state index is 12.7. The van der Waals surface area contributed by atoms with Crippen LogP contribution in [0.25, 0.3) is 0 Å².